The second-order valence-electron chi connectivity index (χ2n) is 26.3. The number of halogens is 3. The lowest BCUT2D eigenvalue weighted by molar-refractivity contribution is 0.574. The van der Waals surface area contributed by atoms with Gasteiger partial charge in [-0.25, -0.2) is 13.2 Å². The predicted molar refractivity (Wildman–Crippen MR) is 376 cm³/mol. The SMILES string of the molecule is CC(C)Cc1ccc(C#N)cc1.CC(C)Cc1ccc(C#N)cc1F.CC(C)Cc1ccc(F)cc1.CC(C)Cc1ccccc1.CC(C)Cc1ccccc1C#N.CC(C)Cc1ccccc1F.CC(C)Cc1ccccn1.Cc1cccc(CC(C)C)c1. The molecule has 0 N–H and O–H groups in total. The molecule has 0 fully saturated rings. The molecule has 7 aromatic carbocycles. The van der Waals surface area contributed by atoms with Crippen LogP contribution in [0.25, 0.3) is 0 Å². The van der Waals surface area contributed by atoms with Gasteiger partial charge in [-0.15, -0.1) is 0 Å². The van der Waals surface area contributed by atoms with Gasteiger partial charge >= 0.3 is 0 Å². The number of benzene rings is 7. The maximum Gasteiger partial charge on any atom is 0.127 e. The van der Waals surface area contributed by atoms with Crippen LogP contribution in [-0.4, -0.2) is 4.98 Å². The molecule has 0 bridgehead atoms. The Morgan fingerprint density at radius 1 is 0.322 bits per heavy atom. The fraction of sp³-hybridized carbons (Fsp3) is 0.398. The van der Waals surface area contributed by atoms with E-state index in [1.807, 2.05) is 111 Å². The highest BCUT2D eigenvalue weighted by atomic mass is 19.1. The van der Waals surface area contributed by atoms with E-state index >= 15 is 0 Å². The van der Waals surface area contributed by atoms with Gasteiger partial charge in [0, 0.05) is 11.9 Å². The zero-order chi connectivity index (χ0) is 67.4. The van der Waals surface area contributed by atoms with Crippen molar-refractivity contribution in [3.05, 3.63) is 279 Å². The quantitative estimate of drug-likeness (QED) is 0.0965. The van der Waals surface area contributed by atoms with Crippen molar-refractivity contribution >= 4 is 0 Å². The van der Waals surface area contributed by atoms with Gasteiger partial charge < -0.3 is 0 Å². The van der Waals surface area contributed by atoms with Crippen LogP contribution in [0.1, 0.15) is 178 Å². The van der Waals surface area contributed by atoms with E-state index < -0.39 is 0 Å². The van der Waals surface area contributed by atoms with Gasteiger partial charge in [0.05, 0.1) is 34.9 Å². The molecule has 90 heavy (non-hydrogen) atoms. The molecule has 4 nitrogen and oxygen atoms in total. The fourth-order valence-electron chi connectivity index (χ4n) is 9.19. The molecular weight excluding hydrogens is 1110 g/mol. The van der Waals surface area contributed by atoms with Crippen LogP contribution in [0.3, 0.4) is 0 Å². The molecule has 8 rings (SSSR count). The summed E-state index contributed by atoms with van der Waals surface area (Å²) >= 11 is 0. The lowest BCUT2D eigenvalue weighted by Gasteiger charge is -2.05. The molecule has 7 heteroatoms. The van der Waals surface area contributed by atoms with Crippen LogP contribution in [0.4, 0.5) is 13.2 Å². The number of hydrogen-bond acceptors (Lipinski definition) is 4. The number of aryl methyl sites for hydroxylation is 1. The maximum atomic E-state index is 13.2. The third-order valence-electron chi connectivity index (χ3n) is 13.0. The summed E-state index contributed by atoms with van der Waals surface area (Å²) in [6, 6.07) is 65.5. The summed E-state index contributed by atoms with van der Waals surface area (Å²) in [6.45, 7) is 36.8. The van der Waals surface area contributed by atoms with Crippen LogP contribution in [-0.2, 0) is 51.4 Å². The minimum Gasteiger partial charge on any atom is -0.261 e. The van der Waals surface area contributed by atoms with E-state index in [1.165, 1.54) is 70.6 Å². The maximum absolute atomic E-state index is 13.2. The highest BCUT2D eigenvalue weighted by Gasteiger charge is 2.07. The highest BCUT2D eigenvalue weighted by Crippen LogP contribution is 2.17. The Kier molecular flexibility index (Phi) is 41.7. The first-order valence-corrected chi connectivity index (χ1v) is 32.4. The number of rotatable bonds is 16. The number of pyridine rings is 1. The first-order chi connectivity index (χ1) is 42.7. The molecule has 8 aromatic rings. The van der Waals surface area contributed by atoms with Crippen LogP contribution < -0.4 is 0 Å². The first kappa shape index (κ1) is 80.0. The largest absolute Gasteiger partial charge is 0.261 e. The second-order valence-corrected chi connectivity index (χ2v) is 26.3. The predicted octanol–water partition coefficient (Wildman–Crippen LogP) is 22.8. The van der Waals surface area contributed by atoms with Gasteiger partial charge in [-0.3, -0.25) is 4.98 Å². The number of nitriles is 3. The average Bonchev–Trinajstić information content (AvgIpc) is 3.68. The van der Waals surface area contributed by atoms with Gasteiger partial charge in [0.1, 0.15) is 17.5 Å². The van der Waals surface area contributed by atoms with Gasteiger partial charge in [0.2, 0.25) is 0 Å². The number of nitrogens with zero attached hydrogens (tertiary/aromatic N) is 4. The van der Waals surface area contributed by atoms with Crippen LogP contribution in [0.2, 0.25) is 0 Å². The Labute approximate surface area is 544 Å². The molecule has 0 atom stereocenters. The minimum absolute atomic E-state index is 0.0822. The summed E-state index contributed by atoms with van der Waals surface area (Å²) in [6.07, 6.45) is 9.97. The Morgan fingerprint density at radius 2 is 0.722 bits per heavy atom. The van der Waals surface area contributed by atoms with Crippen LogP contribution >= 0.6 is 0 Å². The normalized spacial score (nSPS) is 10.2. The van der Waals surface area contributed by atoms with Crippen molar-refractivity contribution in [2.45, 2.75) is 169 Å². The van der Waals surface area contributed by atoms with E-state index in [9.17, 15) is 13.2 Å². The zero-order valence-electron chi connectivity index (χ0n) is 57.7. The summed E-state index contributed by atoms with van der Waals surface area (Å²) in [5.41, 5.74) is 12.6. The van der Waals surface area contributed by atoms with E-state index in [-0.39, 0.29) is 17.5 Å². The molecule has 0 aliphatic rings. The molecule has 0 saturated carbocycles. The van der Waals surface area contributed by atoms with E-state index in [0.29, 0.717) is 46.6 Å². The summed E-state index contributed by atoms with van der Waals surface area (Å²) in [5, 5.41) is 25.9. The molecule has 0 aliphatic carbocycles. The Bertz CT molecular complexity index is 3200. The van der Waals surface area contributed by atoms with Gasteiger partial charge in [0.15, 0.2) is 0 Å². The molecule has 0 radical (unpaired) electrons. The van der Waals surface area contributed by atoms with Gasteiger partial charge in [-0.2, -0.15) is 15.8 Å². The monoisotopic (exact) mass is 1220 g/mol. The smallest absolute Gasteiger partial charge is 0.127 e. The molecular formula is C83H107F3N4. The van der Waals surface area contributed by atoms with Crippen molar-refractivity contribution in [2.75, 3.05) is 0 Å². The molecule has 1 aromatic heterocycles. The van der Waals surface area contributed by atoms with E-state index in [4.69, 9.17) is 15.8 Å². The van der Waals surface area contributed by atoms with Crippen LogP contribution in [0.5, 0.6) is 0 Å². The van der Waals surface area contributed by atoms with Crippen molar-refractivity contribution in [3.63, 3.8) is 0 Å². The third-order valence-corrected chi connectivity index (χ3v) is 13.0. The van der Waals surface area contributed by atoms with E-state index in [0.717, 1.165) is 72.6 Å². The Balaban J connectivity index is 0.000000515. The zero-order valence-corrected chi connectivity index (χ0v) is 57.7. The minimum atomic E-state index is -0.271. The lowest BCUT2D eigenvalue weighted by Crippen LogP contribution is -1.97. The molecule has 0 spiro atoms. The Morgan fingerprint density at radius 3 is 1.17 bits per heavy atom. The number of aromatic nitrogens is 1. The van der Waals surface area contributed by atoms with Gasteiger partial charge in [0.25, 0.3) is 0 Å². The summed E-state index contributed by atoms with van der Waals surface area (Å²) in [5.74, 6) is 4.60. The van der Waals surface area contributed by atoms with Gasteiger partial charge in [-0.05, 0) is 205 Å². The molecule has 0 amide bonds. The molecule has 0 aliphatic heterocycles. The summed E-state index contributed by atoms with van der Waals surface area (Å²) < 4.78 is 38.6. The third kappa shape index (κ3) is 40.5. The van der Waals surface area contributed by atoms with Crippen molar-refractivity contribution < 1.29 is 13.2 Å². The fourth-order valence-corrected chi connectivity index (χ4v) is 9.19. The highest BCUT2D eigenvalue weighted by molar-refractivity contribution is 5.38. The van der Waals surface area contributed by atoms with Crippen LogP contribution in [0.15, 0.2) is 194 Å². The lowest BCUT2D eigenvalue weighted by atomic mass is 9.99. The second kappa shape index (κ2) is 47.0. The molecule has 480 valence electrons. The molecule has 1 heterocycles. The van der Waals surface area contributed by atoms with E-state index in [1.54, 1.807) is 18.2 Å². The van der Waals surface area contributed by atoms with Gasteiger partial charge in [-0.1, -0.05) is 244 Å². The van der Waals surface area contributed by atoms with Crippen molar-refractivity contribution in [3.8, 4) is 18.2 Å². The molecule has 0 unspecified atom stereocenters. The molecule has 0 saturated heterocycles. The van der Waals surface area contributed by atoms with E-state index in [2.05, 4.69) is 182 Å². The van der Waals surface area contributed by atoms with Crippen LogP contribution in [0, 0.1) is 106 Å². The number of hydrogen-bond donors (Lipinski definition) is 0. The summed E-state index contributed by atoms with van der Waals surface area (Å²) in [7, 11) is 0. The topological polar surface area (TPSA) is 84.3 Å². The summed E-state index contributed by atoms with van der Waals surface area (Å²) in [4.78, 5) is 4.22. The Hall–Kier alpha value is -8.05. The first-order valence-electron chi connectivity index (χ1n) is 32.4. The standard InChI is InChI=1S/C11H12FN.2C11H13N.C11H16.2C10H13F.C10H14.C9H13N/c1-8(2)5-10-4-3-9(7-13)6-11(10)12;1-9(2)7-10-3-5-11(8-12)6-4-10;1-9(2)7-10-5-3-4-6-11(10)8-12;1-9(2)7-11-6-4-5-10(3)8-11;1-8(2)7-9-3-5-10(11)6-4-9;1-8(2)7-9-5-3-4-6-10(9)11;1-9(2)8-10-6-4-3-5-7-10;1-8(2)7-9-5-3-4-6-10-9/h3-4,6,8H,5H2,1-2H3;2*3-6,9H,7H2,1-2H3;4-6,8-9H,7H2,1-3H3;2*3-6,8H,7H2,1-2H3;3-7,9H,8H2,1-2H3;3-6,8H,7H2,1-2H3. The average molecular weight is 1220 g/mol. The van der Waals surface area contributed by atoms with Crippen molar-refractivity contribution in [1.82, 2.24) is 4.98 Å². The van der Waals surface area contributed by atoms with Crippen molar-refractivity contribution in [1.29, 1.82) is 15.8 Å². The van der Waals surface area contributed by atoms with Crippen molar-refractivity contribution in [2.24, 2.45) is 47.3 Å².